The highest BCUT2D eigenvalue weighted by Gasteiger charge is 2.09. The van der Waals surface area contributed by atoms with Gasteiger partial charge >= 0.3 is 0 Å². The Kier molecular flexibility index (Phi) is 6.79. The number of ether oxygens (including phenoxy) is 2. The Morgan fingerprint density at radius 1 is 1.24 bits per heavy atom. The molecule has 0 unspecified atom stereocenters. The van der Waals surface area contributed by atoms with Crippen LogP contribution < -0.4 is 9.47 Å². The van der Waals surface area contributed by atoms with Crippen LogP contribution >= 0.6 is 0 Å². The van der Waals surface area contributed by atoms with Crippen LogP contribution in [0.15, 0.2) is 48.5 Å². The van der Waals surface area contributed by atoms with E-state index in [1.165, 1.54) is 6.08 Å². The molecule has 2 rings (SSSR count). The molecule has 0 amide bonds. The number of hydrogen-bond acceptors (Lipinski definition) is 4. The van der Waals surface area contributed by atoms with E-state index in [2.05, 4.69) is 6.07 Å². The number of aryl methyl sites for hydroxylation is 1. The van der Waals surface area contributed by atoms with E-state index in [1.54, 1.807) is 19.3 Å². The van der Waals surface area contributed by atoms with Crippen LogP contribution in [0.1, 0.15) is 34.3 Å². The second-order valence-electron chi connectivity index (χ2n) is 5.58. The van der Waals surface area contributed by atoms with Gasteiger partial charge in [-0.25, -0.2) is 0 Å². The molecule has 0 fully saturated rings. The molecule has 0 aliphatic rings. The van der Waals surface area contributed by atoms with Crippen LogP contribution in [0.25, 0.3) is 6.08 Å². The fraction of sp³-hybridized carbons (Fsp3) is 0.238. The Balaban J connectivity index is 2.07. The van der Waals surface area contributed by atoms with Gasteiger partial charge in [0.1, 0.15) is 11.5 Å². The molecule has 0 saturated heterocycles. The van der Waals surface area contributed by atoms with Crippen LogP contribution in [0.4, 0.5) is 0 Å². The molecule has 2 aromatic rings. The van der Waals surface area contributed by atoms with Gasteiger partial charge in [0.05, 0.1) is 25.3 Å². The number of ketones is 1. The Morgan fingerprint density at radius 2 is 2.08 bits per heavy atom. The normalized spacial score (nSPS) is 10.4. The van der Waals surface area contributed by atoms with Crippen LogP contribution in [0.3, 0.4) is 0 Å². The second kappa shape index (κ2) is 9.29. The standard InChI is InChI=1S/C21H21NO3/c1-16-8-11-21(24-2)19(14-16)20(23)10-9-17-6-5-7-18(15-17)25-13-4-3-12-22/h5-11,14-15H,3-4,13H2,1-2H3/b10-9+. The summed E-state index contributed by atoms with van der Waals surface area (Å²) in [5.74, 6) is 1.18. The number of nitrogens with zero attached hydrogens (tertiary/aromatic N) is 1. The lowest BCUT2D eigenvalue weighted by Gasteiger charge is -2.07. The van der Waals surface area contributed by atoms with E-state index in [1.807, 2.05) is 43.3 Å². The van der Waals surface area contributed by atoms with Gasteiger partial charge in [-0.1, -0.05) is 29.8 Å². The number of carbonyl (C=O) groups is 1. The molecule has 0 bridgehead atoms. The minimum atomic E-state index is -0.110. The molecule has 0 spiro atoms. The summed E-state index contributed by atoms with van der Waals surface area (Å²) in [6.07, 6.45) is 4.47. The first-order valence-electron chi connectivity index (χ1n) is 8.11. The third-order valence-corrected chi connectivity index (χ3v) is 3.61. The summed E-state index contributed by atoms with van der Waals surface area (Å²) in [5.41, 5.74) is 2.42. The molecular weight excluding hydrogens is 314 g/mol. The van der Waals surface area contributed by atoms with Gasteiger partial charge in [-0.3, -0.25) is 4.79 Å². The second-order valence-corrected chi connectivity index (χ2v) is 5.58. The van der Waals surface area contributed by atoms with Gasteiger partial charge in [-0.15, -0.1) is 0 Å². The molecular formula is C21H21NO3. The molecule has 0 aromatic heterocycles. The average molecular weight is 335 g/mol. The maximum absolute atomic E-state index is 12.5. The summed E-state index contributed by atoms with van der Waals surface area (Å²) in [6, 6.07) is 15.1. The largest absolute Gasteiger partial charge is 0.496 e. The predicted octanol–water partition coefficient (Wildman–Crippen LogP) is 4.58. The highest BCUT2D eigenvalue weighted by atomic mass is 16.5. The van der Waals surface area contributed by atoms with Crippen molar-refractivity contribution in [3.63, 3.8) is 0 Å². The summed E-state index contributed by atoms with van der Waals surface area (Å²) in [5, 5.41) is 8.52. The van der Waals surface area contributed by atoms with Crippen molar-refractivity contribution in [3.8, 4) is 17.6 Å². The summed E-state index contributed by atoms with van der Waals surface area (Å²) >= 11 is 0. The quantitative estimate of drug-likeness (QED) is 0.402. The number of carbonyl (C=O) groups excluding carboxylic acids is 1. The number of methoxy groups -OCH3 is 1. The molecule has 0 aliphatic carbocycles. The van der Waals surface area contributed by atoms with Crippen LogP contribution in [-0.4, -0.2) is 19.5 Å². The monoisotopic (exact) mass is 335 g/mol. The van der Waals surface area contributed by atoms with E-state index < -0.39 is 0 Å². The van der Waals surface area contributed by atoms with Gasteiger partial charge in [-0.2, -0.15) is 5.26 Å². The summed E-state index contributed by atoms with van der Waals surface area (Å²) in [4.78, 5) is 12.5. The first-order valence-corrected chi connectivity index (χ1v) is 8.11. The van der Waals surface area contributed by atoms with Gasteiger partial charge in [0.2, 0.25) is 0 Å². The van der Waals surface area contributed by atoms with Gasteiger partial charge in [-0.05, 0) is 49.2 Å². The van der Waals surface area contributed by atoms with E-state index >= 15 is 0 Å². The minimum absolute atomic E-state index is 0.110. The van der Waals surface area contributed by atoms with Crippen molar-refractivity contribution in [2.45, 2.75) is 19.8 Å². The molecule has 0 atom stereocenters. The zero-order valence-corrected chi connectivity index (χ0v) is 14.5. The smallest absolute Gasteiger partial charge is 0.189 e. The molecule has 0 radical (unpaired) electrons. The van der Waals surface area contributed by atoms with Gasteiger partial charge in [0, 0.05) is 6.42 Å². The maximum atomic E-state index is 12.5. The molecule has 0 aliphatic heterocycles. The third kappa shape index (κ3) is 5.50. The topological polar surface area (TPSA) is 59.3 Å². The lowest BCUT2D eigenvalue weighted by atomic mass is 10.1. The molecule has 0 heterocycles. The molecule has 4 heteroatoms. The lowest BCUT2D eigenvalue weighted by molar-refractivity contribution is 0.104. The molecule has 0 N–H and O–H groups in total. The van der Waals surface area contributed by atoms with Gasteiger partial charge in [0.25, 0.3) is 0 Å². The lowest BCUT2D eigenvalue weighted by Crippen LogP contribution is -1.99. The fourth-order valence-electron chi connectivity index (χ4n) is 2.33. The van der Waals surface area contributed by atoms with E-state index in [0.717, 1.165) is 16.9 Å². The highest BCUT2D eigenvalue weighted by molar-refractivity contribution is 6.08. The van der Waals surface area contributed by atoms with Crippen molar-refractivity contribution in [3.05, 3.63) is 65.2 Å². The van der Waals surface area contributed by atoms with Gasteiger partial charge in [0.15, 0.2) is 5.78 Å². The number of hydrogen-bond donors (Lipinski definition) is 0. The van der Waals surface area contributed by atoms with Crippen molar-refractivity contribution in [1.82, 2.24) is 0 Å². The summed E-state index contributed by atoms with van der Waals surface area (Å²) < 4.78 is 10.9. The fourth-order valence-corrected chi connectivity index (χ4v) is 2.33. The summed E-state index contributed by atoms with van der Waals surface area (Å²) in [7, 11) is 1.55. The zero-order valence-electron chi connectivity index (χ0n) is 14.5. The minimum Gasteiger partial charge on any atom is -0.496 e. The number of rotatable bonds is 8. The van der Waals surface area contributed by atoms with Crippen LogP contribution in [0, 0.1) is 18.3 Å². The third-order valence-electron chi connectivity index (χ3n) is 3.61. The van der Waals surface area contributed by atoms with Crippen molar-refractivity contribution in [2.24, 2.45) is 0 Å². The van der Waals surface area contributed by atoms with E-state index in [-0.39, 0.29) is 5.78 Å². The van der Waals surface area contributed by atoms with E-state index in [4.69, 9.17) is 14.7 Å². The van der Waals surface area contributed by atoms with Crippen molar-refractivity contribution in [2.75, 3.05) is 13.7 Å². The van der Waals surface area contributed by atoms with Crippen molar-refractivity contribution >= 4 is 11.9 Å². The van der Waals surface area contributed by atoms with Crippen LogP contribution in [-0.2, 0) is 0 Å². The summed E-state index contributed by atoms with van der Waals surface area (Å²) in [6.45, 7) is 2.44. The maximum Gasteiger partial charge on any atom is 0.189 e. The number of nitriles is 1. The molecule has 2 aromatic carbocycles. The van der Waals surface area contributed by atoms with Gasteiger partial charge < -0.3 is 9.47 Å². The van der Waals surface area contributed by atoms with Crippen LogP contribution in [0.2, 0.25) is 0 Å². The highest BCUT2D eigenvalue weighted by Crippen LogP contribution is 2.21. The molecule has 4 nitrogen and oxygen atoms in total. The predicted molar refractivity (Wildman–Crippen MR) is 97.9 cm³/mol. The number of allylic oxidation sites excluding steroid dienone is 1. The molecule has 25 heavy (non-hydrogen) atoms. The molecule has 128 valence electrons. The Labute approximate surface area is 148 Å². The number of unbranched alkanes of at least 4 members (excludes halogenated alkanes) is 1. The van der Waals surface area contributed by atoms with Crippen molar-refractivity contribution < 1.29 is 14.3 Å². The van der Waals surface area contributed by atoms with E-state index in [9.17, 15) is 4.79 Å². The van der Waals surface area contributed by atoms with Crippen molar-refractivity contribution in [1.29, 1.82) is 5.26 Å². The van der Waals surface area contributed by atoms with Crippen LogP contribution in [0.5, 0.6) is 11.5 Å². The average Bonchev–Trinajstić information content (AvgIpc) is 2.63. The Hall–Kier alpha value is -3.06. The SMILES string of the molecule is COc1ccc(C)cc1C(=O)/C=C/c1cccc(OCCCC#N)c1. The first kappa shape index (κ1) is 18.3. The Bertz CT molecular complexity index is 803. The molecule has 0 saturated carbocycles. The first-order chi connectivity index (χ1) is 12.1. The van der Waals surface area contributed by atoms with E-state index in [0.29, 0.717) is 30.8 Å². The Morgan fingerprint density at radius 3 is 2.84 bits per heavy atom. The zero-order chi connectivity index (χ0) is 18.1. The number of benzene rings is 2.